The third-order valence-electron chi connectivity index (χ3n) is 5.55. The molecule has 1 aromatic carbocycles. The average molecular weight is 549 g/mol. The molecular formula is C23H25BrN4O5S. The topological polar surface area (TPSA) is 107 Å². The first-order valence-electron chi connectivity index (χ1n) is 10.9. The Labute approximate surface area is 208 Å². The van der Waals surface area contributed by atoms with Crippen LogP contribution in [0.5, 0.6) is 11.6 Å². The Kier molecular flexibility index (Phi) is 7.64. The number of benzene rings is 1. The van der Waals surface area contributed by atoms with Crippen molar-refractivity contribution in [3.05, 3.63) is 64.0 Å². The third-order valence-corrected chi connectivity index (χ3v) is 6.92. The Morgan fingerprint density at radius 1 is 1.32 bits per heavy atom. The third kappa shape index (κ3) is 5.31. The summed E-state index contributed by atoms with van der Waals surface area (Å²) in [5.41, 5.74) is 3.26. The molecule has 1 aliphatic rings. The van der Waals surface area contributed by atoms with Crippen molar-refractivity contribution < 1.29 is 23.0 Å². The van der Waals surface area contributed by atoms with Gasteiger partial charge in [-0.1, -0.05) is 17.7 Å². The maximum atomic E-state index is 12.5. The molecule has 0 fully saturated rings. The van der Waals surface area contributed by atoms with Gasteiger partial charge in [0.1, 0.15) is 12.3 Å². The molecule has 4 rings (SSSR count). The van der Waals surface area contributed by atoms with Gasteiger partial charge in [0.15, 0.2) is 0 Å². The minimum absolute atomic E-state index is 0.0102. The largest absolute Gasteiger partial charge is 0.465 e. The monoisotopic (exact) mass is 548 g/mol. The molecule has 0 aliphatic heterocycles. The highest BCUT2D eigenvalue weighted by Crippen LogP contribution is 2.39. The van der Waals surface area contributed by atoms with Gasteiger partial charge in [0.2, 0.25) is 5.88 Å². The number of carbonyl (C=O) groups is 1. The van der Waals surface area contributed by atoms with E-state index in [-0.39, 0.29) is 12.5 Å². The minimum atomic E-state index is -2.32. The van der Waals surface area contributed by atoms with Crippen molar-refractivity contribution in [1.29, 1.82) is 0 Å². The van der Waals surface area contributed by atoms with Gasteiger partial charge in [-0.25, -0.2) is 9.19 Å². The highest BCUT2D eigenvalue weighted by Gasteiger charge is 2.33. The summed E-state index contributed by atoms with van der Waals surface area (Å²) in [6.07, 6.45) is 5.34. The predicted molar refractivity (Wildman–Crippen MR) is 131 cm³/mol. The standard InChI is InChI=1S/C23H25BrN4O5S/c1-3-32-22(29)14-27-20-5-4-6-21(18(20)13-26-27)28(34(30)31)16-11-19(24)23(25-12-16)33-17-9-7-15(2)8-10-17/h7-13,21H,3-6,14H2,1-2H3,(H,30,31). The second-order valence-electron chi connectivity index (χ2n) is 7.87. The second-order valence-corrected chi connectivity index (χ2v) is 9.58. The van der Waals surface area contributed by atoms with Gasteiger partial charge in [0.05, 0.1) is 35.2 Å². The van der Waals surface area contributed by atoms with Gasteiger partial charge in [0.25, 0.3) is 11.3 Å². The molecule has 3 aromatic rings. The van der Waals surface area contributed by atoms with Gasteiger partial charge in [-0.15, -0.1) is 0 Å². The quantitative estimate of drug-likeness (QED) is 0.320. The number of esters is 1. The summed E-state index contributed by atoms with van der Waals surface area (Å²) in [6, 6.07) is 8.90. The zero-order valence-corrected chi connectivity index (χ0v) is 21.2. The van der Waals surface area contributed by atoms with Crippen LogP contribution in [-0.4, -0.2) is 36.1 Å². The average Bonchev–Trinajstić information content (AvgIpc) is 3.20. The van der Waals surface area contributed by atoms with Crippen LogP contribution in [0.4, 0.5) is 5.69 Å². The maximum Gasteiger partial charge on any atom is 0.327 e. The van der Waals surface area contributed by atoms with E-state index < -0.39 is 17.3 Å². The lowest BCUT2D eigenvalue weighted by molar-refractivity contribution is -0.144. The highest BCUT2D eigenvalue weighted by atomic mass is 79.9. The number of hydrogen-bond donors (Lipinski definition) is 1. The van der Waals surface area contributed by atoms with Crippen molar-refractivity contribution in [2.45, 2.75) is 45.7 Å². The van der Waals surface area contributed by atoms with E-state index in [0.717, 1.165) is 29.7 Å². The van der Waals surface area contributed by atoms with Gasteiger partial charge in [-0.05, 0) is 67.2 Å². The molecule has 1 N–H and O–H groups in total. The summed E-state index contributed by atoms with van der Waals surface area (Å²) < 4.78 is 37.1. The van der Waals surface area contributed by atoms with E-state index in [4.69, 9.17) is 9.47 Å². The van der Waals surface area contributed by atoms with Gasteiger partial charge in [-0.2, -0.15) is 5.10 Å². The molecule has 34 heavy (non-hydrogen) atoms. The number of nitrogens with zero attached hydrogens (tertiary/aromatic N) is 4. The Hall–Kier alpha value is -2.76. The van der Waals surface area contributed by atoms with E-state index in [0.29, 0.717) is 34.8 Å². The molecule has 0 saturated carbocycles. The number of rotatable bonds is 8. The van der Waals surface area contributed by atoms with Crippen LogP contribution in [-0.2, 0) is 33.8 Å². The molecule has 2 unspecified atom stereocenters. The van der Waals surface area contributed by atoms with Crippen molar-refractivity contribution in [2.75, 3.05) is 10.9 Å². The van der Waals surface area contributed by atoms with Crippen LogP contribution < -0.4 is 9.04 Å². The molecular weight excluding hydrogens is 524 g/mol. The number of halogens is 1. The van der Waals surface area contributed by atoms with Gasteiger partial charge < -0.3 is 9.47 Å². The van der Waals surface area contributed by atoms with Crippen molar-refractivity contribution in [1.82, 2.24) is 14.8 Å². The van der Waals surface area contributed by atoms with Crippen molar-refractivity contribution >= 4 is 38.9 Å². The first-order valence-corrected chi connectivity index (χ1v) is 12.7. The molecule has 2 aromatic heterocycles. The molecule has 9 nitrogen and oxygen atoms in total. The number of fused-ring (bicyclic) bond motifs is 1. The lowest BCUT2D eigenvalue weighted by Crippen LogP contribution is -2.33. The van der Waals surface area contributed by atoms with E-state index in [2.05, 4.69) is 26.0 Å². The molecule has 2 heterocycles. The summed E-state index contributed by atoms with van der Waals surface area (Å²) in [5, 5.41) is 4.35. The summed E-state index contributed by atoms with van der Waals surface area (Å²) >= 11 is 1.16. The fourth-order valence-corrected chi connectivity index (χ4v) is 5.15. The second kappa shape index (κ2) is 10.7. The van der Waals surface area contributed by atoms with Crippen LogP contribution in [0, 0.1) is 6.92 Å². The van der Waals surface area contributed by atoms with E-state index in [1.807, 2.05) is 31.2 Å². The van der Waals surface area contributed by atoms with Gasteiger partial charge >= 0.3 is 5.97 Å². The first-order chi connectivity index (χ1) is 16.4. The number of carbonyl (C=O) groups excluding carboxylic acids is 1. The SMILES string of the molecule is CCOC(=O)Cn1ncc2c1CCCC2N(c1cnc(Oc2ccc(C)cc2)c(Br)c1)S(=O)O. The Balaban J connectivity index is 1.60. The number of ether oxygens (including phenoxy) is 2. The van der Waals surface area contributed by atoms with Crippen molar-refractivity contribution in [3.8, 4) is 11.6 Å². The Morgan fingerprint density at radius 2 is 2.09 bits per heavy atom. The number of aryl methyl sites for hydroxylation is 1. The predicted octanol–water partition coefficient (Wildman–Crippen LogP) is 4.73. The maximum absolute atomic E-state index is 12.5. The zero-order valence-electron chi connectivity index (χ0n) is 18.8. The van der Waals surface area contributed by atoms with Crippen LogP contribution in [0.15, 0.2) is 47.2 Å². The molecule has 0 spiro atoms. The summed E-state index contributed by atoms with van der Waals surface area (Å²) in [4.78, 5) is 16.3. The van der Waals surface area contributed by atoms with Crippen LogP contribution in [0.3, 0.4) is 0 Å². The molecule has 0 radical (unpaired) electrons. The Bertz CT molecular complexity index is 1200. The minimum Gasteiger partial charge on any atom is -0.465 e. The molecule has 0 amide bonds. The first kappa shape index (κ1) is 24.4. The fourth-order valence-electron chi connectivity index (χ4n) is 4.01. The van der Waals surface area contributed by atoms with E-state index in [9.17, 15) is 13.6 Å². The van der Waals surface area contributed by atoms with Crippen molar-refractivity contribution in [2.24, 2.45) is 0 Å². The smallest absolute Gasteiger partial charge is 0.327 e. The van der Waals surface area contributed by atoms with E-state index in [1.165, 1.54) is 10.5 Å². The fraction of sp³-hybridized carbons (Fsp3) is 0.348. The Morgan fingerprint density at radius 3 is 2.76 bits per heavy atom. The van der Waals surface area contributed by atoms with Gasteiger partial charge in [-0.3, -0.25) is 18.3 Å². The number of pyridine rings is 1. The van der Waals surface area contributed by atoms with Crippen LogP contribution in [0.2, 0.25) is 0 Å². The molecule has 180 valence electrons. The van der Waals surface area contributed by atoms with E-state index >= 15 is 0 Å². The number of anilines is 1. The van der Waals surface area contributed by atoms with Crippen LogP contribution >= 0.6 is 15.9 Å². The normalized spacial score (nSPS) is 15.9. The molecule has 11 heteroatoms. The number of aromatic nitrogens is 3. The summed E-state index contributed by atoms with van der Waals surface area (Å²) in [6.45, 7) is 4.06. The number of hydrogen-bond acceptors (Lipinski definition) is 6. The molecule has 1 aliphatic carbocycles. The van der Waals surface area contributed by atoms with Crippen LogP contribution in [0.25, 0.3) is 0 Å². The summed E-state index contributed by atoms with van der Waals surface area (Å²) in [5.74, 6) is 0.623. The van der Waals surface area contributed by atoms with Crippen molar-refractivity contribution in [3.63, 3.8) is 0 Å². The molecule has 0 saturated heterocycles. The van der Waals surface area contributed by atoms with Gasteiger partial charge in [0, 0.05) is 11.3 Å². The lowest BCUT2D eigenvalue weighted by atomic mass is 9.92. The zero-order chi connectivity index (χ0) is 24.2. The summed E-state index contributed by atoms with van der Waals surface area (Å²) in [7, 11) is 0. The highest BCUT2D eigenvalue weighted by molar-refractivity contribution is 9.10. The van der Waals surface area contributed by atoms with E-state index in [1.54, 1.807) is 23.9 Å². The molecule has 2 atom stereocenters. The lowest BCUT2D eigenvalue weighted by Gasteiger charge is -2.32. The van der Waals surface area contributed by atoms with Crippen LogP contribution in [0.1, 0.15) is 42.6 Å². The molecule has 0 bridgehead atoms.